The van der Waals surface area contributed by atoms with Crippen molar-refractivity contribution in [3.63, 3.8) is 0 Å². The lowest BCUT2D eigenvalue weighted by atomic mass is 9.88. The van der Waals surface area contributed by atoms with Crippen LogP contribution in [0.3, 0.4) is 0 Å². The Morgan fingerprint density at radius 2 is 1.88 bits per heavy atom. The van der Waals surface area contributed by atoms with Crippen LogP contribution in [0.4, 0.5) is 0 Å². The minimum absolute atomic E-state index is 0.614. The highest BCUT2D eigenvalue weighted by Gasteiger charge is 2.23. The summed E-state index contributed by atoms with van der Waals surface area (Å²) >= 11 is 0. The molecule has 0 amide bonds. The first-order valence-corrected chi connectivity index (χ1v) is 6.94. The number of nitrogens with zero attached hydrogens (tertiary/aromatic N) is 1. The number of piperidine rings is 1. The van der Waals surface area contributed by atoms with Crippen molar-refractivity contribution in [2.75, 3.05) is 26.2 Å². The lowest BCUT2D eigenvalue weighted by molar-refractivity contribution is 0.122. The molecule has 3 unspecified atom stereocenters. The number of hydrogen-bond donors (Lipinski definition) is 1. The van der Waals surface area contributed by atoms with Gasteiger partial charge >= 0.3 is 0 Å². The Morgan fingerprint density at radius 1 is 1.19 bits per heavy atom. The Morgan fingerprint density at radius 3 is 2.44 bits per heavy atom. The summed E-state index contributed by atoms with van der Waals surface area (Å²) in [6, 6.07) is 0.614. The highest BCUT2D eigenvalue weighted by atomic mass is 15.1. The maximum atomic E-state index is 3.53. The van der Waals surface area contributed by atoms with Gasteiger partial charge < -0.3 is 10.2 Å². The standard InChI is InChI=1S/C14H30N2/c1-11(2)15-8-12(3)9-16-7-6-13(4)14(5)10-16/h11-15H,6-10H2,1-5H3. The number of nitrogens with one attached hydrogen (secondary N) is 1. The zero-order chi connectivity index (χ0) is 12.1. The van der Waals surface area contributed by atoms with Crippen LogP contribution in [0.15, 0.2) is 0 Å². The summed E-state index contributed by atoms with van der Waals surface area (Å²) in [5.41, 5.74) is 0. The minimum Gasteiger partial charge on any atom is -0.314 e. The lowest BCUT2D eigenvalue weighted by Crippen LogP contribution is -2.42. The fraction of sp³-hybridized carbons (Fsp3) is 1.00. The highest BCUT2D eigenvalue weighted by molar-refractivity contribution is 4.76. The van der Waals surface area contributed by atoms with E-state index in [0.717, 1.165) is 24.3 Å². The Hall–Kier alpha value is -0.0800. The van der Waals surface area contributed by atoms with Crippen molar-refractivity contribution < 1.29 is 0 Å². The molecule has 0 aromatic carbocycles. The van der Waals surface area contributed by atoms with Crippen molar-refractivity contribution in [1.82, 2.24) is 10.2 Å². The maximum Gasteiger partial charge on any atom is 0.00193 e. The Kier molecular flexibility index (Phi) is 5.77. The Labute approximate surface area is 102 Å². The van der Waals surface area contributed by atoms with Crippen LogP contribution in [0.1, 0.15) is 41.0 Å². The highest BCUT2D eigenvalue weighted by Crippen LogP contribution is 2.22. The largest absolute Gasteiger partial charge is 0.314 e. The van der Waals surface area contributed by atoms with Gasteiger partial charge in [0.15, 0.2) is 0 Å². The Balaban J connectivity index is 2.21. The van der Waals surface area contributed by atoms with Crippen LogP contribution < -0.4 is 5.32 Å². The molecule has 0 bridgehead atoms. The van der Waals surface area contributed by atoms with Gasteiger partial charge in [-0.15, -0.1) is 0 Å². The molecule has 1 aliphatic rings. The summed E-state index contributed by atoms with van der Waals surface area (Å²) in [6.45, 7) is 16.6. The Bertz CT molecular complexity index is 191. The van der Waals surface area contributed by atoms with Crippen LogP contribution >= 0.6 is 0 Å². The average Bonchev–Trinajstić information content (AvgIpc) is 2.21. The molecule has 0 aliphatic carbocycles. The number of rotatable bonds is 5. The summed E-state index contributed by atoms with van der Waals surface area (Å²) in [5.74, 6) is 2.56. The van der Waals surface area contributed by atoms with Crippen LogP contribution in [-0.4, -0.2) is 37.1 Å². The van der Waals surface area contributed by atoms with E-state index in [1.165, 1.54) is 26.1 Å². The predicted molar refractivity (Wildman–Crippen MR) is 71.7 cm³/mol. The molecule has 0 saturated carbocycles. The molecule has 1 fully saturated rings. The fourth-order valence-corrected chi connectivity index (χ4v) is 2.46. The normalized spacial score (nSPS) is 29.6. The van der Waals surface area contributed by atoms with E-state index in [9.17, 15) is 0 Å². The van der Waals surface area contributed by atoms with Crippen LogP contribution in [0.25, 0.3) is 0 Å². The van der Waals surface area contributed by atoms with E-state index in [2.05, 4.69) is 44.8 Å². The summed E-state index contributed by atoms with van der Waals surface area (Å²) in [5, 5.41) is 3.53. The molecule has 0 aromatic rings. The van der Waals surface area contributed by atoms with Gasteiger partial charge in [0.05, 0.1) is 0 Å². The van der Waals surface area contributed by atoms with Crippen LogP contribution in [0, 0.1) is 17.8 Å². The zero-order valence-corrected chi connectivity index (χ0v) is 11.8. The van der Waals surface area contributed by atoms with E-state index >= 15 is 0 Å². The third-order valence-corrected chi connectivity index (χ3v) is 3.86. The molecular weight excluding hydrogens is 196 g/mol. The fourth-order valence-electron chi connectivity index (χ4n) is 2.46. The van der Waals surface area contributed by atoms with E-state index in [1.54, 1.807) is 0 Å². The average molecular weight is 226 g/mol. The molecule has 2 heteroatoms. The molecule has 1 N–H and O–H groups in total. The molecule has 1 rings (SSSR count). The van der Waals surface area contributed by atoms with Gasteiger partial charge in [-0.1, -0.05) is 34.6 Å². The first-order chi connectivity index (χ1) is 7.49. The molecule has 16 heavy (non-hydrogen) atoms. The van der Waals surface area contributed by atoms with E-state index < -0.39 is 0 Å². The van der Waals surface area contributed by atoms with Crippen molar-refractivity contribution in [3.8, 4) is 0 Å². The van der Waals surface area contributed by atoms with Gasteiger partial charge in [-0.2, -0.15) is 0 Å². The molecule has 0 spiro atoms. The van der Waals surface area contributed by atoms with Crippen LogP contribution in [-0.2, 0) is 0 Å². The maximum absolute atomic E-state index is 3.53. The topological polar surface area (TPSA) is 15.3 Å². The second-order valence-electron chi connectivity index (χ2n) is 6.17. The van der Waals surface area contributed by atoms with Crippen LogP contribution in [0.2, 0.25) is 0 Å². The number of likely N-dealkylation sites (tertiary alicyclic amines) is 1. The second kappa shape index (κ2) is 6.61. The van der Waals surface area contributed by atoms with E-state index in [0.29, 0.717) is 6.04 Å². The SMILES string of the molecule is CC(CNC(C)C)CN1CCC(C)C(C)C1. The van der Waals surface area contributed by atoms with Gasteiger partial charge in [-0.25, -0.2) is 0 Å². The zero-order valence-electron chi connectivity index (χ0n) is 11.8. The minimum atomic E-state index is 0.614. The molecule has 2 nitrogen and oxygen atoms in total. The van der Waals surface area contributed by atoms with Gasteiger partial charge in [0.25, 0.3) is 0 Å². The van der Waals surface area contributed by atoms with Crippen LogP contribution in [0.5, 0.6) is 0 Å². The number of hydrogen-bond acceptors (Lipinski definition) is 2. The van der Waals surface area contributed by atoms with Gasteiger partial charge in [-0.05, 0) is 37.3 Å². The van der Waals surface area contributed by atoms with E-state index in [4.69, 9.17) is 0 Å². The molecule has 1 saturated heterocycles. The van der Waals surface area contributed by atoms with Gasteiger partial charge in [0, 0.05) is 19.1 Å². The van der Waals surface area contributed by atoms with E-state index in [1.807, 2.05) is 0 Å². The summed E-state index contributed by atoms with van der Waals surface area (Å²) in [7, 11) is 0. The molecule has 0 radical (unpaired) electrons. The molecule has 1 heterocycles. The second-order valence-corrected chi connectivity index (χ2v) is 6.17. The predicted octanol–water partition coefficient (Wildman–Crippen LogP) is 2.60. The summed E-state index contributed by atoms with van der Waals surface area (Å²) < 4.78 is 0. The molecular formula is C14H30N2. The first-order valence-electron chi connectivity index (χ1n) is 6.94. The third kappa shape index (κ3) is 4.84. The monoisotopic (exact) mass is 226 g/mol. The molecule has 1 aliphatic heterocycles. The van der Waals surface area contributed by atoms with Crippen molar-refractivity contribution >= 4 is 0 Å². The third-order valence-electron chi connectivity index (χ3n) is 3.86. The molecule has 3 atom stereocenters. The van der Waals surface area contributed by atoms with E-state index in [-0.39, 0.29) is 0 Å². The first kappa shape index (κ1) is 14.0. The van der Waals surface area contributed by atoms with Crippen molar-refractivity contribution in [1.29, 1.82) is 0 Å². The smallest absolute Gasteiger partial charge is 0.00193 e. The van der Waals surface area contributed by atoms with Gasteiger partial charge in [-0.3, -0.25) is 0 Å². The lowest BCUT2D eigenvalue weighted by Gasteiger charge is -2.36. The molecule has 0 aromatic heterocycles. The summed E-state index contributed by atoms with van der Waals surface area (Å²) in [4.78, 5) is 2.65. The van der Waals surface area contributed by atoms with Crippen molar-refractivity contribution in [2.45, 2.75) is 47.1 Å². The van der Waals surface area contributed by atoms with Gasteiger partial charge in [0.1, 0.15) is 0 Å². The quantitative estimate of drug-likeness (QED) is 0.775. The summed E-state index contributed by atoms with van der Waals surface area (Å²) in [6.07, 6.45) is 1.38. The van der Waals surface area contributed by atoms with Crippen molar-refractivity contribution in [3.05, 3.63) is 0 Å². The molecule has 96 valence electrons. The van der Waals surface area contributed by atoms with Crippen molar-refractivity contribution in [2.24, 2.45) is 17.8 Å². The van der Waals surface area contributed by atoms with Gasteiger partial charge in [0.2, 0.25) is 0 Å².